The lowest BCUT2D eigenvalue weighted by molar-refractivity contribution is 0.477. The minimum absolute atomic E-state index is 0.455. The van der Waals surface area contributed by atoms with Gasteiger partial charge in [-0.25, -0.2) is 4.98 Å². The van der Waals surface area contributed by atoms with Gasteiger partial charge in [-0.3, -0.25) is 0 Å². The molecule has 6 nitrogen and oxygen atoms in total. The number of hydrogen-bond acceptors (Lipinski definition) is 7. The maximum absolute atomic E-state index is 5.46. The van der Waals surface area contributed by atoms with Gasteiger partial charge in [-0.15, -0.1) is 16.4 Å². The molecule has 2 heterocycles. The van der Waals surface area contributed by atoms with Crippen LogP contribution >= 0.6 is 11.3 Å². The average Bonchev–Trinajstić information content (AvgIpc) is 2.96. The van der Waals surface area contributed by atoms with Gasteiger partial charge in [-0.2, -0.15) is 0 Å². The summed E-state index contributed by atoms with van der Waals surface area (Å²) in [5.41, 5.74) is 2.87. The molecule has 0 amide bonds. The van der Waals surface area contributed by atoms with E-state index in [4.69, 9.17) is 4.42 Å². The lowest BCUT2D eigenvalue weighted by Gasteiger charge is -1.99. The largest absolute Gasteiger partial charge is 0.407 e. The first-order valence-electron chi connectivity index (χ1n) is 5.95. The Kier molecular flexibility index (Phi) is 4.66. The van der Waals surface area contributed by atoms with Crippen molar-refractivity contribution in [3.63, 3.8) is 0 Å². The van der Waals surface area contributed by atoms with Gasteiger partial charge in [-0.1, -0.05) is 12.0 Å². The maximum Gasteiger partial charge on any atom is 0.315 e. The van der Waals surface area contributed by atoms with Gasteiger partial charge in [0.15, 0.2) is 0 Å². The van der Waals surface area contributed by atoms with Crippen LogP contribution in [0.2, 0.25) is 0 Å². The quantitative estimate of drug-likeness (QED) is 0.747. The van der Waals surface area contributed by atoms with Crippen LogP contribution in [-0.4, -0.2) is 21.7 Å². The van der Waals surface area contributed by atoms with Crippen molar-refractivity contribution in [2.24, 2.45) is 0 Å². The summed E-state index contributed by atoms with van der Waals surface area (Å²) in [6, 6.07) is 0.455. The summed E-state index contributed by atoms with van der Waals surface area (Å²) in [7, 11) is 0. The monoisotopic (exact) mass is 267 g/mol. The zero-order chi connectivity index (χ0) is 12.8. The van der Waals surface area contributed by atoms with E-state index in [2.05, 4.69) is 32.7 Å². The van der Waals surface area contributed by atoms with E-state index in [9.17, 15) is 0 Å². The molecule has 0 aliphatic carbocycles. The van der Waals surface area contributed by atoms with Crippen LogP contribution in [0.4, 0.5) is 6.01 Å². The van der Waals surface area contributed by atoms with Crippen LogP contribution in [0.25, 0.3) is 0 Å². The molecule has 0 spiro atoms. The van der Waals surface area contributed by atoms with E-state index >= 15 is 0 Å². The van der Waals surface area contributed by atoms with Crippen molar-refractivity contribution in [1.29, 1.82) is 0 Å². The lowest BCUT2D eigenvalue weighted by Crippen LogP contribution is -2.13. The van der Waals surface area contributed by atoms with Crippen molar-refractivity contribution in [3.05, 3.63) is 22.0 Å². The van der Waals surface area contributed by atoms with E-state index in [1.54, 1.807) is 11.3 Å². The summed E-state index contributed by atoms with van der Waals surface area (Å²) in [5.74, 6) is 0.604. The first-order chi connectivity index (χ1) is 8.79. The van der Waals surface area contributed by atoms with E-state index in [0.29, 0.717) is 25.0 Å². The number of thiazole rings is 1. The number of anilines is 1. The highest BCUT2D eigenvalue weighted by Crippen LogP contribution is 2.14. The summed E-state index contributed by atoms with van der Waals surface area (Å²) in [6.45, 7) is 6.33. The third kappa shape index (κ3) is 3.51. The number of nitrogens with zero attached hydrogens (tertiary/aromatic N) is 3. The van der Waals surface area contributed by atoms with Gasteiger partial charge in [-0.05, 0) is 19.9 Å². The first kappa shape index (κ1) is 13.0. The van der Waals surface area contributed by atoms with Gasteiger partial charge < -0.3 is 15.1 Å². The van der Waals surface area contributed by atoms with Crippen LogP contribution < -0.4 is 10.6 Å². The number of hydrogen-bond donors (Lipinski definition) is 2. The Morgan fingerprint density at radius 3 is 2.94 bits per heavy atom. The van der Waals surface area contributed by atoms with E-state index in [1.807, 2.05) is 12.4 Å². The molecule has 2 N–H and O–H groups in total. The fourth-order valence-corrected chi connectivity index (χ4v) is 2.14. The predicted molar refractivity (Wildman–Crippen MR) is 70.5 cm³/mol. The molecule has 0 aliphatic heterocycles. The van der Waals surface area contributed by atoms with E-state index < -0.39 is 0 Å². The van der Waals surface area contributed by atoms with Gasteiger partial charge in [0.1, 0.15) is 0 Å². The zero-order valence-electron chi connectivity index (χ0n) is 10.6. The highest BCUT2D eigenvalue weighted by atomic mass is 32.1. The molecule has 18 heavy (non-hydrogen) atoms. The number of aryl methyl sites for hydroxylation is 1. The standard InChI is InChI=1S/C11H17N5OS/c1-3-4-12-6-10-15-16-11(17-10)13-5-9-8(2)14-7-18-9/h7,12H,3-6H2,1-2H3,(H,13,16). The van der Waals surface area contributed by atoms with Crippen molar-refractivity contribution in [2.75, 3.05) is 11.9 Å². The third-order valence-electron chi connectivity index (χ3n) is 2.41. The molecule has 0 bridgehead atoms. The van der Waals surface area contributed by atoms with Crippen molar-refractivity contribution >= 4 is 17.4 Å². The van der Waals surface area contributed by atoms with Crippen molar-refractivity contribution in [3.8, 4) is 0 Å². The fourth-order valence-electron chi connectivity index (χ4n) is 1.42. The van der Waals surface area contributed by atoms with Crippen LogP contribution in [-0.2, 0) is 13.1 Å². The summed E-state index contributed by atoms with van der Waals surface area (Å²) in [4.78, 5) is 5.37. The number of nitrogens with one attached hydrogen (secondary N) is 2. The molecule has 0 aromatic carbocycles. The predicted octanol–water partition coefficient (Wildman–Crippen LogP) is 1.95. The van der Waals surface area contributed by atoms with E-state index in [-0.39, 0.29) is 0 Å². The molecule has 0 fully saturated rings. The topological polar surface area (TPSA) is 75.9 Å². The van der Waals surface area contributed by atoms with E-state index in [0.717, 1.165) is 18.7 Å². The smallest absolute Gasteiger partial charge is 0.315 e. The Morgan fingerprint density at radius 2 is 2.22 bits per heavy atom. The normalized spacial score (nSPS) is 10.8. The van der Waals surface area contributed by atoms with Gasteiger partial charge in [0.05, 0.1) is 24.3 Å². The molecule has 0 atom stereocenters. The molecule has 2 aromatic rings. The van der Waals surface area contributed by atoms with Crippen molar-refractivity contribution in [2.45, 2.75) is 33.4 Å². The summed E-state index contributed by atoms with van der Waals surface area (Å²) in [6.07, 6.45) is 1.09. The Bertz CT molecular complexity index is 481. The molecular formula is C11H17N5OS. The Hall–Kier alpha value is -1.47. The summed E-state index contributed by atoms with van der Waals surface area (Å²) < 4.78 is 5.46. The van der Waals surface area contributed by atoms with Crippen LogP contribution in [0.5, 0.6) is 0 Å². The minimum atomic E-state index is 0.455. The van der Waals surface area contributed by atoms with Crippen molar-refractivity contribution in [1.82, 2.24) is 20.5 Å². The highest BCUT2D eigenvalue weighted by Gasteiger charge is 2.06. The molecule has 0 radical (unpaired) electrons. The van der Waals surface area contributed by atoms with Gasteiger partial charge in [0.25, 0.3) is 0 Å². The summed E-state index contributed by atoms with van der Waals surface area (Å²) in [5, 5.41) is 14.2. The maximum atomic E-state index is 5.46. The fraction of sp³-hybridized carbons (Fsp3) is 0.545. The second kappa shape index (κ2) is 6.46. The van der Waals surface area contributed by atoms with E-state index in [1.165, 1.54) is 4.88 Å². The van der Waals surface area contributed by atoms with Gasteiger partial charge in [0, 0.05) is 4.88 Å². The SMILES string of the molecule is CCCNCc1nnc(NCc2scnc2C)o1. The molecule has 0 aliphatic rings. The molecule has 2 rings (SSSR count). The lowest BCUT2D eigenvalue weighted by atomic mass is 10.4. The summed E-state index contributed by atoms with van der Waals surface area (Å²) >= 11 is 1.62. The van der Waals surface area contributed by atoms with Gasteiger partial charge in [0.2, 0.25) is 5.89 Å². The number of aromatic nitrogens is 3. The third-order valence-corrected chi connectivity index (χ3v) is 3.35. The molecule has 0 saturated carbocycles. The second-order valence-corrected chi connectivity index (χ2v) is 4.83. The Balaban J connectivity index is 1.81. The van der Waals surface area contributed by atoms with Crippen molar-refractivity contribution < 1.29 is 4.42 Å². The minimum Gasteiger partial charge on any atom is -0.407 e. The molecular weight excluding hydrogens is 250 g/mol. The highest BCUT2D eigenvalue weighted by molar-refractivity contribution is 7.09. The molecule has 98 valence electrons. The zero-order valence-corrected chi connectivity index (χ0v) is 11.4. The molecule has 7 heteroatoms. The Morgan fingerprint density at radius 1 is 1.33 bits per heavy atom. The molecule has 2 aromatic heterocycles. The number of rotatable bonds is 7. The van der Waals surface area contributed by atoms with Crippen LogP contribution in [0.1, 0.15) is 29.8 Å². The second-order valence-electron chi connectivity index (χ2n) is 3.89. The average molecular weight is 267 g/mol. The molecule has 0 unspecified atom stereocenters. The Labute approximate surface area is 110 Å². The van der Waals surface area contributed by atoms with Gasteiger partial charge >= 0.3 is 6.01 Å². The van der Waals surface area contributed by atoms with Crippen LogP contribution in [0.3, 0.4) is 0 Å². The van der Waals surface area contributed by atoms with Crippen LogP contribution in [0, 0.1) is 6.92 Å². The first-order valence-corrected chi connectivity index (χ1v) is 6.83. The molecule has 0 saturated heterocycles. The van der Waals surface area contributed by atoms with Crippen LogP contribution in [0.15, 0.2) is 9.93 Å².